The number of benzene rings is 1. The summed E-state index contributed by atoms with van der Waals surface area (Å²) in [7, 11) is 0. The molecule has 2 saturated carbocycles. The molecule has 4 rings (SSSR count). The molecule has 2 aliphatic rings. The van der Waals surface area contributed by atoms with Gasteiger partial charge in [0.25, 0.3) is 0 Å². The van der Waals surface area contributed by atoms with Crippen LogP contribution in [-0.4, -0.2) is 15.2 Å². The Labute approximate surface area is 107 Å². The van der Waals surface area contributed by atoms with Gasteiger partial charge in [-0.15, -0.1) is 0 Å². The van der Waals surface area contributed by atoms with E-state index in [2.05, 4.69) is 40.5 Å². The van der Waals surface area contributed by atoms with Gasteiger partial charge < -0.3 is 0 Å². The molecular formula is C15H17N3. The van der Waals surface area contributed by atoms with E-state index in [4.69, 9.17) is 4.98 Å². The van der Waals surface area contributed by atoms with Crippen LogP contribution < -0.4 is 0 Å². The molecule has 1 heterocycles. The van der Waals surface area contributed by atoms with Crippen LogP contribution in [0, 0.1) is 0 Å². The number of aromatic amines is 1. The molecule has 0 spiro atoms. The molecule has 2 aliphatic carbocycles. The Hall–Kier alpha value is -1.64. The van der Waals surface area contributed by atoms with E-state index < -0.39 is 0 Å². The first-order valence-corrected chi connectivity index (χ1v) is 6.87. The van der Waals surface area contributed by atoms with Crippen molar-refractivity contribution in [3.8, 4) is 0 Å². The number of nitrogens with zero attached hydrogens (tertiary/aromatic N) is 2. The molecular weight excluding hydrogens is 222 g/mol. The maximum atomic E-state index is 4.78. The molecule has 1 aromatic heterocycles. The molecule has 18 heavy (non-hydrogen) atoms. The SMILES string of the molecule is c1ccc(C2(c3n[nH]c(C4CCC4)n3)CC2)cc1. The van der Waals surface area contributed by atoms with Gasteiger partial charge >= 0.3 is 0 Å². The van der Waals surface area contributed by atoms with Gasteiger partial charge in [0.2, 0.25) is 0 Å². The molecule has 0 atom stereocenters. The fourth-order valence-corrected chi connectivity index (χ4v) is 2.88. The fourth-order valence-electron chi connectivity index (χ4n) is 2.88. The Bertz CT molecular complexity index is 550. The van der Waals surface area contributed by atoms with Crippen molar-refractivity contribution in [2.45, 2.75) is 43.4 Å². The Balaban J connectivity index is 1.68. The predicted molar refractivity (Wildman–Crippen MR) is 69.4 cm³/mol. The van der Waals surface area contributed by atoms with E-state index in [0.717, 1.165) is 11.6 Å². The van der Waals surface area contributed by atoms with Crippen LogP contribution in [0.15, 0.2) is 30.3 Å². The minimum Gasteiger partial charge on any atom is -0.263 e. The van der Waals surface area contributed by atoms with E-state index in [0.29, 0.717) is 5.92 Å². The van der Waals surface area contributed by atoms with Gasteiger partial charge in [0.05, 0.1) is 5.41 Å². The summed E-state index contributed by atoms with van der Waals surface area (Å²) in [5, 5.41) is 7.66. The van der Waals surface area contributed by atoms with E-state index in [9.17, 15) is 0 Å². The highest BCUT2D eigenvalue weighted by atomic mass is 15.2. The second kappa shape index (κ2) is 3.67. The Morgan fingerprint density at radius 3 is 2.50 bits per heavy atom. The van der Waals surface area contributed by atoms with Crippen LogP contribution in [0.4, 0.5) is 0 Å². The van der Waals surface area contributed by atoms with Crippen LogP contribution in [0.3, 0.4) is 0 Å². The van der Waals surface area contributed by atoms with Crippen LogP contribution in [0.2, 0.25) is 0 Å². The zero-order valence-corrected chi connectivity index (χ0v) is 10.4. The monoisotopic (exact) mass is 239 g/mol. The van der Waals surface area contributed by atoms with Crippen molar-refractivity contribution in [3.63, 3.8) is 0 Å². The summed E-state index contributed by atoms with van der Waals surface area (Å²) >= 11 is 0. The first-order chi connectivity index (χ1) is 8.88. The molecule has 1 N–H and O–H groups in total. The van der Waals surface area contributed by atoms with Crippen molar-refractivity contribution in [2.24, 2.45) is 0 Å². The Morgan fingerprint density at radius 2 is 1.89 bits per heavy atom. The van der Waals surface area contributed by atoms with Gasteiger partial charge in [0, 0.05) is 5.92 Å². The van der Waals surface area contributed by atoms with Crippen LogP contribution in [0.25, 0.3) is 0 Å². The molecule has 0 radical (unpaired) electrons. The maximum absolute atomic E-state index is 4.78. The fraction of sp³-hybridized carbons (Fsp3) is 0.467. The molecule has 0 amide bonds. The molecule has 1 aromatic carbocycles. The van der Waals surface area contributed by atoms with Crippen LogP contribution in [-0.2, 0) is 5.41 Å². The third-order valence-corrected chi connectivity index (χ3v) is 4.50. The lowest BCUT2D eigenvalue weighted by atomic mass is 9.85. The summed E-state index contributed by atoms with van der Waals surface area (Å²) in [4.78, 5) is 4.78. The first-order valence-electron chi connectivity index (χ1n) is 6.87. The highest BCUT2D eigenvalue weighted by molar-refractivity contribution is 5.39. The van der Waals surface area contributed by atoms with E-state index in [1.807, 2.05) is 0 Å². The Morgan fingerprint density at radius 1 is 1.11 bits per heavy atom. The van der Waals surface area contributed by atoms with Crippen molar-refractivity contribution < 1.29 is 0 Å². The molecule has 0 aliphatic heterocycles. The highest BCUT2D eigenvalue weighted by Gasteiger charge is 2.49. The summed E-state index contributed by atoms with van der Waals surface area (Å²) in [5.74, 6) is 2.76. The molecule has 0 saturated heterocycles. The zero-order valence-electron chi connectivity index (χ0n) is 10.4. The van der Waals surface area contributed by atoms with Crippen LogP contribution in [0.5, 0.6) is 0 Å². The normalized spacial score (nSPS) is 21.6. The van der Waals surface area contributed by atoms with Crippen molar-refractivity contribution in [3.05, 3.63) is 47.5 Å². The van der Waals surface area contributed by atoms with Gasteiger partial charge in [-0.1, -0.05) is 36.8 Å². The van der Waals surface area contributed by atoms with Crippen molar-refractivity contribution >= 4 is 0 Å². The second-order valence-electron chi connectivity index (χ2n) is 5.62. The second-order valence-corrected chi connectivity index (χ2v) is 5.62. The molecule has 2 aromatic rings. The van der Waals surface area contributed by atoms with Crippen molar-refractivity contribution in [1.29, 1.82) is 0 Å². The molecule has 2 fully saturated rings. The van der Waals surface area contributed by atoms with E-state index >= 15 is 0 Å². The van der Waals surface area contributed by atoms with Crippen LogP contribution in [0.1, 0.15) is 55.2 Å². The lowest BCUT2D eigenvalue weighted by Crippen LogP contribution is -2.12. The number of nitrogens with one attached hydrogen (secondary N) is 1. The minimum atomic E-state index is 0.111. The average Bonchev–Trinajstić information content (AvgIpc) is 3.03. The van der Waals surface area contributed by atoms with Gasteiger partial charge in [0.15, 0.2) is 5.82 Å². The standard InChI is InChI=1S/C15H17N3/c1-2-7-12(8-3-1)15(9-10-15)14-16-13(17-18-14)11-5-4-6-11/h1-3,7-8,11H,4-6,9-10H2,(H,16,17,18). The third-order valence-electron chi connectivity index (χ3n) is 4.50. The third kappa shape index (κ3) is 1.43. The van der Waals surface area contributed by atoms with Gasteiger partial charge in [0.1, 0.15) is 5.82 Å². The number of aromatic nitrogens is 3. The molecule has 3 nitrogen and oxygen atoms in total. The number of H-pyrrole nitrogens is 1. The molecule has 3 heteroatoms. The Kier molecular flexibility index (Phi) is 2.10. The lowest BCUT2D eigenvalue weighted by molar-refractivity contribution is 0.402. The van der Waals surface area contributed by atoms with E-state index in [1.54, 1.807) is 0 Å². The largest absolute Gasteiger partial charge is 0.263 e. The number of rotatable bonds is 3. The molecule has 92 valence electrons. The highest BCUT2D eigenvalue weighted by Crippen LogP contribution is 2.52. The van der Waals surface area contributed by atoms with Crippen LogP contribution >= 0.6 is 0 Å². The predicted octanol–water partition coefficient (Wildman–Crippen LogP) is 3.15. The lowest BCUT2D eigenvalue weighted by Gasteiger charge is -2.22. The van der Waals surface area contributed by atoms with Crippen molar-refractivity contribution in [2.75, 3.05) is 0 Å². The topological polar surface area (TPSA) is 41.6 Å². The molecule has 0 unspecified atom stereocenters. The quantitative estimate of drug-likeness (QED) is 0.894. The smallest absolute Gasteiger partial charge is 0.161 e. The van der Waals surface area contributed by atoms with E-state index in [-0.39, 0.29) is 5.41 Å². The summed E-state index contributed by atoms with van der Waals surface area (Å²) in [6.07, 6.45) is 6.24. The summed E-state index contributed by atoms with van der Waals surface area (Å²) in [6.45, 7) is 0. The van der Waals surface area contributed by atoms with E-state index in [1.165, 1.54) is 37.7 Å². The van der Waals surface area contributed by atoms with Gasteiger partial charge in [-0.2, -0.15) is 5.10 Å². The summed E-state index contributed by atoms with van der Waals surface area (Å²) in [6, 6.07) is 10.7. The average molecular weight is 239 g/mol. The van der Waals surface area contributed by atoms with Gasteiger partial charge in [-0.05, 0) is 31.2 Å². The van der Waals surface area contributed by atoms with Gasteiger partial charge in [-0.25, -0.2) is 4.98 Å². The number of hydrogen-bond acceptors (Lipinski definition) is 2. The molecule has 0 bridgehead atoms. The van der Waals surface area contributed by atoms with Crippen molar-refractivity contribution in [1.82, 2.24) is 15.2 Å². The number of hydrogen-bond donors (Lipinski definition) is 1. The summed E-state index contributed by atoms with van der Waals surface area (Å²) < 4.78 is 0. The zero-order chi connectivity index (χ0) is 12.0. The minimum absolute atomic E-state index is 0.111. The van der Waals surface area contributed by atoms with Gasteiger partial charge in [-0.3, -0.25) is 5.10 Å². The summed E-state index contributed by atoms with van der Waals surface area (Å²) in [5.41, 5.74) is 1.48. The first kappa shape index (κ1) is 10.3. The maximum Gasteiger partial charge on any atom is 0.161 e.